The molecule has 0 spiro atoms. The molecule has 1 aliphatic rings. The van der Waals surface area contributed by atoms with Crippen LogP contribution in [0.3, 0.4) is 0 Å². The van der Waals surface area contributed by atoms with Gasteiger partial charge in [-0.05, 0) is 32.0 Å². The summed E-state index contributed by atoms with van der Waals surface area (Å²) in [5, 5.41) is 5.19. The zero-order chi connectivity index (χ0) is 23.8. The fourth-order valence-electron chi connectivity index (χ4n) is 3.30. The molecule has 1 fully saturated rings. The Hall–Kier alpha value is -3.24. The molecular formula is C23H30FN5O4. The standard InChI is InChI=1S/C23H30FN5O4/c1-16-7-8-19(13-25-16)26-22(30)27-20-6-4-5-18(21(20)24)14-28-9-11-29(12-10-28)23(31)33-15-17(2)32-3/h4-8,13,17H,9-12,14-15H2,1-3H3,(H2,26,27,30)/t17-/m0/s1. The number of hydrogen-bond acceptors (Lipinski definition) is 6. The third kappa shape index (κ3) is 7.13. The van der Waals surface area contributed by atoms with E-state index in [1.807, 2.05) is 13.8 Å². The molecule has 1 aromatic carbocycles. The number of aromatic nitrogens is 1. The van der Waals surface area contributed by atoms with Gasteiger partial charge in [0.2, 0.25) is 0 Å². The Morgan fingerprint density at radius 1 is 1.15 bits per heavy atom. The first-order chi connectivity index (χ1) is 15.9. The predicted molar refractivity (Wildman–Crippen MR) is 123 cm³/mol. The molecule has 2 N–H and O–H groups in total. The number of hydrogen-bond donors (Lipinski definition) is 2. The first-order valence-electron chi connectivity index (χ1n) is 10.8. The number of methoxy groups -OCH3 is 1. The lowest BCUT2D eigenvalue weighted by atomic mass is 10.1. The van der Waals surface area contributed by atoms with E-state index in [1.54, 1.807) is 36.3 Å². The summed E-state index contributed by atoms with van der Waals surface area (Å²) in [4.78, 5) is 32.2. The SMILES string of the molecule is CO[C@@H](C)COC(=O)N1CCN(Cc2cccc(NC(=O)Nc3ccc(C)nc3)c2F)CC1. The highest BCUT2D eigenvalue weighted by atomic mass is 19.1. The number of aryl methyl sites for hydroxylation is 1. The highest BCUT2D eigenvalue weighted by Gasteiger charge is 2.23. The molecule has 0 radical (unpaired) electrons. The molecule has 2 heterocycles. The van der Waals surface area contributed by atoms with Gasteiger partial charge in [-0.15, -0.1) is 0 Å². The highest BCUT2D eigenvalue weighted by Crippen LogP contribution is 2.21. The van der Waals surface area contributed by atoms with Gasteiger partial charge in [0.1, 0.15) is 6.61 Å². The number of pyridine rings is 1. The number of nitrogens with zero attached hydrogens (tertiary/aromatic N) is 3. The Balaban J connectivity index is 1.51. The first kappa shape index (κ1) is 24.4. The minimum atomic E-state index is -0.549. The summed E-state index contributed by atoms with van der Waals surface area (Å²) in [6.07, 6.45) is 1.01. The van der Waals surface area contributed by atoms with Gasteiger partial charge >= 0.3 is 12.1 Å². The lowest BCUT2D eigenvalue weighted by Crippen LogP contribution is -2.48. The number of anilines is 2. The maximum absolute atomic E-state index is 15.0. The molecule has 2 aromatic rings. The Bertz CT molecular complexity index is 948. The Kier molecular flexibility index (Phi) is 8.56. The van der Waals surface area contributed by atoms with Crippen LogP contribution in [0.15, 0.2) is 36.5 Å². The number of carbonyl (C=O) groups is 2. The molecule has 0 saturated carbocycles. The average molecular weight is 460 g/mol. The van der Waals surface area contributed by atoms with Gasteiger partial charge in [0.05, 0.1) is 23.7 Å². The molecule has 1 aliphatic heterocycles. The molecule has 3 amide bonds. The second-order valence-electron chi connectivity index (χ2n) is 7.93. The van der Waals surface area contributed by atoms with Gasteiger partial charge < -0.3 is 25.0 Å². The molecule has 0 bridgehead atoms. The van der Waals surface area contributed by atoms with E-state index in [-0.39, 0.29) is 24.5 Å². The summed E-state index contributed by atoms with van der Waals surface area (Å²) in [7, 11) is 1.56. The van der Waals surface area contributed by atoms with Crippen LogP contribution in [0.4, 0.5) is 25.4 Å². The van der Waals surface area contributed by atoms with E-state index in [9.17, 15) is 9.59 Å². The van der Waals surface area contributed by atoms with Crippen LogP contribution in [0.1, 0.15) is 18.2 Å². The van der Waals surface area contributed by atoms with Crippen LogP contribution in [-0.2, 0) is 16.0 Å². The normalized spacial score (nSPS) is 15.1. The number of urea groups is 1. The Morgan fingerprint density at radius 2 is 1.91 bits per heavy atom. The topological polar surface area (TPSA) is 96.0 Å². The fourth-order valence-corrected chi connectivity index (χ4v) is 3.30. The van der Waals surface area contributed by atoms with Gasteiger partial charge in [0.25, 0.3) is 0 Å². The minimum absolute atomic E-state index is 0.0968. The third-order valence-electron chi connectivity index (χ3n) is 5.36. The van der Waals surface area contributed by atoms with Crippen LogP contribution in [0.2, 0.25) is 0 Å². The van der Waals surface area contributed by atoms with Crippen LogP contribution in [0, 0.1) is 12.7 Å². The molecule has 0 aliphatic carbocycles. The van der Waals surface area contributed by atoms with Crippen molar-refractivity contribution in [2.45, 2.75) is 26.5 Å². The lowest BCUT2D eigenvalue weighted by molar-refractivity contribution is 0.0236. The zero-order valence-electron chi connectivity index (χ0n) is 19.1. The van der Waals surface area contributed by atoms with E-state index >= 15 is 4.39 Å². The minimum Gasteiger partial charge on any atom is -0.447 e. The Labute approximate surface area is 192 Å². The zero-order valence-corrected chi connectivity index (χ0v) is 19.1. The van der Waals surface area contributed by atoms with Gasteiger partial charge in [0.15, 0.2) is 5.82 Å². The largest absolute Gasteiger partial charge is 0.447 e. The van der Waals surface area contributed by atoms with Gasteiger partial charge in [-0.3, -0.25) is 9.88 Å². The molecule has 3 rings (SSSR count). The maximum atomic E-state index is 15.0. The summed E-state index contributed by atoms with van der Waals surface area (Å²) in [5.41, 5.74) is 1.91. The monoisotopic (exact) mass is 459 g/mol. The number of benzene rings is 1. The molecular weight excluding hydrogens is 429 g/mol. The van der Waals surface area contributed by atoms with Crippen molar-refractivity contribution < 1.29 is 23.5 Å². The number of nitrogens with one attached hydrogen (secondary N) is 2. The first-order valence-corrected chi connectivity index (χ1v) is 10.8. The van der Waals surface area contributed by atoms with Gasteiger partial charge in [0, 0.05) is 51.1 Å². The van der Waals surface area contributed by atoms with Crippen LogP contribution < -0.4 is 10.6 Å². The number of rotatable bonds is 7. The third-order valence-corrected chi connectivity index (χ3v) is 5.36. The number of halogens is 1. The number of carbonyl (C=O) groups excluding carboxylic acids is 2. The molecule has 1 aromatic heterocycles. The number of amides is 3. The number of ether oxygens (including phenoxy) is 2. The smallest absolute Gasteiger partial charge is 0.409 e. The van der Waals surface area contributed by atoms with Gasteiger partial charge in [-0.2, -0.15) is 0 Å². The van der Waals surface area contributed by atoms with Crippen LogP contribution in [-0.4, -0.2) is 72.9 Å². The fraction of sp³-hybridized carbons (Fsp3) is 0.435. The van der Waals surface area contributed by atoms with E-state index in [0.717, 1.165) is 5.69 Å². The molecule has 33 heavy (non-hydrogen) atoms. The quantitative estimate of drug-likeness (QED) is 0.658. The summed E-state index contributed by atoms with van der Waals surface area (Å²) >= 11 is 0. The summed E-state index contributed by atoms with van der Waals surface area (Å²) in [5.74, 6) is -0.481. The van der Waals surface area contributed by atoms with Crippen LogP contribution >= 0.6 is 0 Å². The lowest BCUT2D eigenvalue weighted by Gasteiger charge is -2.34. The maximum Gasteiger partial charge on any atom is 0.409 e. The van der Waals surface area contributed by atoms with Gasteiger partial charge in [-0.25, -0.2) is 14.0 Å². The van der Waals surface area contributed by atoms with Crippen molar-refractivity contribution in [3.63, 3.8) is 0 Å². The van der Waals surface area contributed by atoms with Crippen LogP contribution in [0.5, 0.6) is 0 Å². The van der Waals surface area contributed by atoms with Crippen molar-refractivity contribution in [3.05, 3.63) is 53.6 Å². The summed E-state index contributed by atoms with van der Waals surface area (Å²) in [6, 6.07) is 7.85. The van der Waals surface area contributed by atoms with Crippen molar-refractivity contribution in [2.75, 3.05) is 50.5 Å². The molecule has 0 unspecified atom stereocenters. The average Bonchev–Trinajstić information content (AvgIpc) is 2.81. The molecule has 9 nitrogen and oxygen atoms in total. The van der Waals surface area contributed by atoms with Crippen molar-refractivity contribution in [1.82, 2.24) is 14.8 Å². The summed E-state index contributed by atoms with van der Waals surface area (Å²) in [6.45, 7) is 6.41. The predicted octanol–water partition coefficient (Wildman–Crippen LogP) is 3.46. The molecule has 178 valence electrons. The second kappa shape index (κ2) is 11.6. The summed E-state index contributed by atoms with van der Waals surface area (Å²) < 4.78 is 25.3. The molecule has 1 saturated heterocycles. The van der Waals surface area contributed by atoms with E-state index in [0.29, 0.717) is 44.0 Å². The van der Waals surface area contributed by atoms with Crippen molar-refractivity contribution >= 4 is 23.5 Å². The van der Waals surface area contributed by atoms with E-state index in [2.05, 4.69) is 20.5 Å². The highest BCUT2D eigenvalue weighted by molar-refractivity contribution is 5.99. The van der Waals surface area contributed by atoms with E-state index < -0.39 is 11.8 Å². The molecule has 10 heteroatoms. The van der Waals surface area contributed by atoms with Crippen molar-refractivity contribution in [2.24, 2.45) is 0 Å². The number of piperazine rings is 1. The van der Waals surface area contributed by atoms with Crippen LogP contribution in [0.25, 0.3) is 0 Å². The molecule has 1 atom stereocenters. The van der Waals surface area contributed by atoms with E-state index in [4.69, 9.17) is 9.47 Å². The van der Waals surface area contributed by atoms with Gasteiger partial charge in [-0.1, -0.05) is 12.1 Å². The van der Waals surface area contributed by atoms with Crippen molar-refractivity contribution in [3.8, 4) is 0 Å². The Morgan fingerprint density at radius 3 is 2.58 bits per heavy atom. The van der Waals surface area contributed by atoms with E-state index in [1.165, 1.54) is 12.3 Å². The van der Waals surface area contributed by atoms with Crippen molar-refractivity contribution in [1.29, 1.82) is 0 Å². The second-order valence-corrected chi connectivity index (χ2v) is 7.93.